The van der Waals surface area contributed by atoms with E-state index in [0.29, 0.717) is 17.7 Å². The third-order valence-corrected chi connectivity index (χ3v) is 9.26. The minimum Gasteiger partial charge on any atom is -0.482 e. The number of rotatable bonds is 8. The molecule has 1 saturated carbocycles. The Morgan fingerprint density at radius 2 is 1.79 bits per heavy atom. The molecule has 8 nitrogen and oxygen atoms in total. The molecule has 2 aromatic rings. The zero-order valence-electron chi connectivity index (χ0n) is 20.0. The lowest BCUT2D eigenvalue weighted by molar-refractivity contribution is 0.0400. The molecular formula is C24H31BrN3O5P. The van der Waals surface area contributed by atoms with Gasteiger partial charge in [-0.1, -0.05) is 30.3 Å². The van der Waals surface area contributed by atoms with E-state index in [-0.39, 0.29) is 35.0 Å². The lowest BCUT2D eigenvalue weighted by atomic mass is 10.0. The highest BCUT2D eigenvalue weighted by atomic mass is 79.9. The molecule has 4 rings (SSSR count). The molecule has 0 saturated heterocycles. The van der Waals surface area contributed by atoms with Crippen molar-refractivity contribution in [3.05, 3.63) is 62.5 Å². The van der Waals surface area contributed by atoms with E-state index in [1.54, 1.807) is 15.8 Å². The van der Waals surface area contributed by atoms with Crippen molar-refractivity contribution in [2.75, 3.05) is 32.3 Å². The number of carbonyl (C=O) groups is 1. The van der Waals surface area contributed by atoms with Crippen molar-refractivity contribution in [2.45, 2.75) is 51.0 Å². The van der Waals surface area contributed by atoms with E-state index in [1.165, 1.54) is 0 Å². The summed E-state index contributed by atoms with van der Waals surface area (Å²) in [6.45, 7) is 5.34. The standard InChI is InChI=1S/C24H31BrN3O5P/c1-5-32-34(33-6-2)18-12-13-24(14-18)26(3)23(30)20-22(31-16-17-10-8-7-9-11-17)21(29)19(25)15-28(20)27(24)4/h7-11,15,18H,5-6,12-14,16H2,1-4H3/t18-,24?/m0/s1. The molecule has 0 radical (unpaired) electrons. The minimum atomic E-state index is -1.04. The monoisotopic (exact) mass is 551 g/mol. The third kappa shape index (κ3) is 4.39. The van der Waals surface area contributed by atoms with Crippen molar-refractivity contribution in [1.29, 1.82) is 0 Å². The molecule has 1 spiro atoms. The van der Waals surface area contributed by atoms with Crippen molar-refractivity contribution in [2.24, 2.45) is 0 Å². The maximum absolute atomic E-state index is 13.7. The van der Waals surface area contributed by atoms with Gasteiger partial charge in [-0.25, -0.2) is 0 Å². The highest BCUT2D eigenvalue weighted by Gasteiger charge is 2.54. The summed E-state index contributed by atoms with van der Waals surface area (Å²) in [4.78, 5) is 28.5. The van der Waals surface area contributed by atoms with Crippen LogP contribution in [0.5, 0.6) is 5.75 Å². The Balaban J connectivity index is 1.70. The molecule has 2 aliphatic rings. The van der Waals surface area contributed by atoms with Crippen LogP contribution in [-0.4, -0.2) is 54.1 Å². The van der Waals surface area contributed by atoms with Crippen LogP contribution in [0.2, 0.25) is 0 Å². The Hall–Kier alpha value is -1.93. The van der Waals surface area contributed by atoms with Gasteiger partial charge in [0.1, 0.15) is 12.3 Å². The van der Waals surface area contributed by atoms with E-state index >= 15 is 0 Å². The molecule has 1 aromatic carbocycles. The lowest BCUT2D eigenvalue weighted by Crippen LogP contribution is -2.67. The van der Waals surface area contributed by atoms with Gasteiger partial charge in [0.15, 0.2) is 19.8 Å². The average molecular weight is 552 g/mol. The normalized spacial score (nSPS) is 22.1. The molecule has 1 amide bonds. The van der Waals surface area contributed by atoms with Crippen LogP contribution >= 0.6 is 24.3 Å². The second-order valence-corrected chi connectivity index (χ2v) is 11.2. The Morgan fingerprint density at radius 3 is 2.44 bits per heavy atom. The number of benzene rings is 1. The Morgan fingerprint density at radius 1 is 1.12 bits per heavy atom. The smallest absolute Gasteiger partial charge is 0.278 e. The second kappa shape index (κ2) is 10.4. The predicted molar refractivity (Wildman–Crippen MR) is 136 cm³/mol. The fourth-order valence-corrected chi connectivity index (χ4v) is 7.03. The fourth-order valence-electron chi connectivity index (χ4n) is 4.87. The van der Waals surface area contributed by atoms with Gasteiger partial charge in [-0.15, -0.1) is 0 Å². The van der Waals surface area contributed by atoms with Gasteiger partial charge in [0.2, 0.25) is 5.43 Å². The number of carbonyl (C=O) groups excluding carboxylic acids is 1. The quantitative estimate of drug-likeness (QED) is 0.450. The van der Waals surface area contributed by atoms with E-state index in [9.17, 15) is 9.59 Å². The van der Waals surface area contributed by atoms with Crippen LogP contribution in [0.25, 0.3) is 0 Å². The first kappa shape index (κ1) is 25.2. The van der Waals surface area contributed by atoms with Crippen molar-refractivity contribution in [3.8, 4) is 5.75 Å². The summed E-state index contributed by atoms with van der Waals surface area (Å²) >= 11 is 3.39. The fraction of sp³-hybridized carbons (Fsp3) is 0.500. The summed E-state index contributed by atoms with van der Waals surface area (Å²) in [6.07, 6.45) is 4.06. The van der Waals surface area contributed by atoms with Gasteiger partial charge in [-0.05, 0) is 48.2 Å². The third-order valence-electron chi connectivity index (χ3n) is 6.64. The molecule has 0 N–H and O–H groups in total. The maximum atomic E-state index is 13.7. The van der Waals surface area contributed by atoms with Gasteiger partial charge in [-0.3, -0.25) is 19.3 Å². The molecular weight excluding hydrogens is 521 g/mol. The first-order valence-electron chi connectivity index (χ1n) is 11.5. The molecule has 1 fully saturated rings. The number of hydrogen-bond acceptors (Lipinski definition) is 6. The molecule has 1 aliphatic heterocycles. The summed E-state index contributed by atoms with van der Waals surface area (Å²) in [5.41, 5.74) is 0.481. The molecule has 2 atom stereocenters. The number of aromatic nitrogens is 1. The zero-order chi connectivity index (χ0) is 24.5. The highest BCUT2D eigenvalue weighted by molar-refractivity contribution is 9.10. The number of ether oxygens (including phenoxy) is 1. The van der Waals surface area contributed by atoms with E-state index in [0.717, 1.165) is 24.8 Å². The number of amides is 1. The zero-order valence-corrected chi connectivity index (χ0v) is 22.5. The molecule has 1 aromatic heterocycles. The Kier molecular flexibility index (Phi) is 7.67. The maximum Gasteiger partial charge on any atom is 0.278 e. The average Bonchev–Trinajstić information content (AvgIpc) is 3.29. The summed E-state index contributed by atoms with van der Waals surface area (Å²) < 4.78 is 20.0. The summed E-state index contributed by atoms with van der Waals surface area (Å²) in [7, 11) is 2.72. The van der Waals surface area contributed by atoms with E-state index < -0.39 is 14.0 Å². The van der Waals surface area contributed by atoms with Crippen LogP contribution in [0.1, 0.15) is 49.2 Å². The topological polar surface area (TPSA) is 73.2 Å². The number of nitrogens with zero attached hydrogens (tertiary/aromatic N) is 3. The second-order valence-electron chi connectivity index (χ2n) is 8.49. The van der Waals surface area contributed by atoms with E-state index in [1.807, 2.05) is 58.3 Å². The molecule has 0 bridgehead atoms. The molecule has 10 heteroatoms. The minimum absolute atomic E-state index is 0.0530. The van der Waals surface area contributed by atoms with Gasteiger partial charge in [0.25, 0.3) is 5.91 Å². The van der Waals surface area contributed by atoms with Crippen LogP contribution in [0, 0.1) is 0 Å². The predicted octanol–water partition coefficient (Wildman–Crippen LogP) is 4.48. The van der Waals surface area contributed by atoms with Crippen LogP contribution in [0.3, 0.4) is 0 Å². The first-order valence-corrected chi connectivity index (χ1v) is 13.6. The Bertz CT molecular complexity index is 1090. The molecule has 1 aliphatic carbocycles. The van der Waals surface area contributed by atoms with Gasteiger partial charge in [0, 0.05) is 32.4 Å². The van der Waals surface area contributed by atoms with Crippen LogP contribution < -0.4 is 15.2 Å². The van der Waals surface area contributed by atoms with Gasteiger partial charge in [-0.2, -0.15) is 0 Å². The lowest BCUT2D eigenvalue weighted by Gasteiger charge is -2.51. The van der Waals surface area contributed by atoms with Crippen molar-refractivity contribution < 1.29 is 18.6 Å². The number of fused-ring (bicyclic) bond motifs is 1. The molecule has 34 heavy (non-hydrogen) atoms. The largest absolute Gasteiger partial charge is 0.482 e. The molecule has 1 unspecified atom stereocenters. The summed E-state index contributed by atoms with van der Waals surface area (Å²) in [5, 5.41) is 2.05. The van der Waals surface area contributed by atoms with Crippen LogP contribution in [0.15, 0.2) is 45.8 Å². The van der Waals surface area contributed by atoms with Crippen LogP contribution in [-0.2, 0) is 15.7 Å². The van der Waals surface area contributed by atoms with Crippen molar-refractivity contribution in [1.82, 2.24) is 9.58 Å². The SMILES string of the molecule is CCOP(OCC)[C@H]1CCC2(C1)N(C)C(=O)c1c(OCc3ccccc3)c(=O)c(Br)cn1N2C. The first-order chi connectivity index (χ1) is 16.3. The molecule has 184 valence electrons. The van der Waals surface area contributed by atoms with E-state index in [2.05, 4.69) is 20.9 Å². The van der Waals surface area contributed by atoms with Crippen molar-refractivity contribution >= 4 is 30.2 Å². The molecule has 2 heterocycles. The summed E-state index contributed by atoms with van der Waals surface area (Å²) in [6, 6.07) is 9.59. The van der Waals surface area contributed by atoms with E-state index in [4.69, 9.17) is 13.8 Å². The van der Waals surface area contributed by atoms with Gasteiger partial charge in [0.05, 0.1) is 17.7 Å². The van der Waals surface area contributed by atoms with Gasteiger partial charge < -0.3 is 18.7 Å². The number of pyridine rings is 1. The van der Waals surface area contributed by atoms with Gasteiger partial charge >= 0.3 is 0 Å². The Labute approximate surface area is 209 Å². The number of hydrogen-bond donors (Lipinski definition) is 0. The summed E-state index contributed by atoms with van der Waals surface area (Å²) in [5.74, 6) is -0.180. The van der Waals surface area contributed by atoms with Crippen molar-refractivity contribution in [3.63, 3.8) is 0 Å². The number of halogens is 1. The van der Waals surface area contributed by atoms with Crippen LogP contribution in [0.4, 0.5) is 0 Å². The highest BCUT2D eigenvalue weighted by Crippen LogP contribution is 2.55.